The van der Waals surface area contributed by atoms with E-state index in [4.69, 9.17) is 16.7 Å². The van der Waals surface area contributed by atoms with Crippen molar-refractivity contribution in [1.82, 2.24) is 0 Å². The van der Waals surface area contributed by atoms with Crippen LogP contribution in [0.1, 0.15) is 20.8 Å². The average Bonchev–Trinajstić information content (AvgIpc) is 2.83. The van der Waals surface area contributed by atoms with Gasteiger partial charge in [-0.3, -0.25) is 4.72 Å². The molecule has 0 unspecified atom stereocenters. The topological polar surface area (TPSA) is 83.5 Å². The Morgan fingerprint density at radius 2 is 1.90 bits per heavy atom. The van der Waals surface area contributed by atoms with E-state index in [9.17, 15) is 13.2 Å². The highest BCUT2D eigenvalue weighted by Crippen LogP contribution is 2.33. The number of hydrogen-bond donors (Lipinski definition) is 2. The molecule has 2 aromatic heterocycles. The molecule has 0 radical (unpaired) electrons. The molecule has 2 aromatic rings. The largest absolute Gasteiger partial charge is 0.477 e. The Labute approximate surface area is 128 Å². The van der Waals surface area contributed by atoms with Crippen LogP contribution in [0, 0.1) is 13.8 Å². The normalized spacial score (nSPS) is 11.6. The van der Waals surface area contributed by atoms with E-state index < -0.39 is 16.0 Å². The summed E-state index contributed by atoms with van der Waals surface area (Å²) in [4.78, 5) is 11.1. The van der Waals surface area contributed by atoms with Crippen LogP contribution in [0.25, 0.3) is 0 Å². The van der Waals surface area contributed by atoms with Crippen molar-refractivity contribution in [3.05, 3.63) is 32.5 Å². The molecule has 9 heteroatoms. The van der Waals surface area contributed by atoms with Crippen molar-refractivity contribution in [2.75, 3.05) is 4.72 Å². The van der Waals surface area contributed by atoms with Gasteiger partial charge in [-0.25, -0.2) is 13.2 Å². The number of carboxylic acids is 1. The average molecular weight is 352 g/mol. The Hall–Kier alpha value is -1.09. The molecule has 0 saturated carbocycles. The number of carboxylic acid groups (broad SMARTS) is 1. The van der Waals surface area contributed by atoms with E-state index in [1.807, 2.05) is 0 Å². The van der Waals surface area contributed by atoms with Gasteiger partial charge in [-0.1, -0.05) is 11.6 Å². The molecule has 0 aliphatic rings. The maximum absolute atomic E-state index is 12.2. The van der Waals surface area contributed by atoms with E-state index in [1.165, 1.54) is 12.1 Å². The fourth-order valence-electron chi connectivity index (χ4n) is 1.49. The summed E-state index contributed by atoms with van der Waals surface area (Å²) in [7, 11) is -3.74. The summed E-state index contributed by atoms with van der Waals surface area (Å²) in [5.74, 6) is -1.08. The lowest BCUT2D eigenvalue weighted by atomic mass is 10.3. The van der Waals surface area contributed by atoms with E-state index in [1.54, 1.807) is 13.8 Å². The van der Waals surface area contributed by atoms with Gasteiger partial charge in [0.05, 0.1) is 4.34 Å². The summed E-state index contributed by atoms with van der Waals surface area (Å²) < 4.78 is 27.2. The molecule has 0 bridgehead atoms. The first-order valence-electron chi connectivity index (χ1n) is 5.33. The van der Waals surface area contributed by atoms with Gasteiger partial charge >= 0.3 is 5.97 Å². The molecular weight excluding hydrogens is 342 g/mol. The van der Waals surface area contributed by atoms with Crippen molar-refractivity contribution in [2.24, 2.45) is 0 Å². The molecule has 20 heavy (non-hydrogen) atoms. The van der Waals surface area contributed by atoms with Gasteiger partial charge in [0.25, 0.3) is 10.0 Å². The standard InChI is InChI=1S/C11H10ClNO4S3/c1-5-3-7(18-9(5)11(14)15)13-20(16,17)8-4-6(2)10(12)19-8/h3-4,13H,1-2H3,(H,14,15). The van der Waals surface area contributed by atoms with E-state index >= 15 is 0 Å². The van der Waals surface area contributed by atoms with Gasteiger partial charge in [-0.2, -0.15) is 0 Å². The molecule has 108 valence electrons. The highest BCUT2D eigenvalue weighted by atomic mass is 35.5. The van der Waals surface area contributed by atoms with Crippen molar-refractivity contribution in [2.45, 2.75) is 18.1 Å². The van der Waals surface area contributed by atoms with Gasteiger partial charge in [0.1, 0.15) is 14.1 Å². The zero-order valence-electron chi connectivity index (χ0n) is 10.4. The molecular formula is C11H10ClNO4S3. The van der Waals surface area contributed by atoms with Crippen LogP contribution in [-0.2, 0) is 10.0 Å². The minimum absolute atomic E-state index is 0.0999. The van der Waals surface area contributed by atoms with E-state index in [0.29, 0.717) is 15.5 Å². The zero-order chi connectivity index (χ0) is 15.1. The SMILES string of the molecule is Cc1cc(S(=O)(=O)Nc2cc(C)c(C(=O)O)s2)sc1Cl. The third kappa shape index (κ3) is 2.98. The minimum atomic E-state index is -3.74. The van der Waals surface area contributed by atoms with Gasteiger partial charge in [0, 0.05) is 0 Å². The molecule has 0 aliphatic heterocycles. The highest BCUT2D eigenvalue weighted by molar-refractivity contribution is 7.95. The molecule has 0 fully saturated rings. The highest BCUT2D eigenvalue weighted by Gasteiger charge is 2.21. The zero-order valence-corrected chi connectivity index (χ0v) is 13.6. The monoisotopic (exact) mass is 351 g/mol. The number of hydrogen-bond acceptors (Lipinski definition) is 5. The van der Waals surface area contributed by atoms with Crippen LogP contribution in [0.5, 0.6) is 0 Å². The molecule has 0 saturated heterocycles. The van der Waals surface area contributed by atoms with Crippen LogP contribution in [-0.4, -0.2) is 19.5 Å². The summed E-state index contributed by atoms with van der Waals surface area (Å²) in [6.45, 7) is 3.33. The second-order valence-corrected chi connectivity index (χ2v) is 8.67. The summed E-state index contributed by atoms with van der Waals surface area (Å²) >= 11 is 7.70. The van der Waals surface area contributed by atoms with Gasteiger partial charge < -0.3 is 5.11 Å². The summed E-state index contributed by atoms with van der Waals surface area (Å²) in [5.41, 5.74) is 1.20. The Morgan fingerprint density at radius 1 is 1.25 bits per heavy atom. The first-order valence-corrected chi connectivity index (χ1v) is 8.82. The number of thiophene rings is 2. The molecule has 2 rings (SSSR count). The van der Waals surface area contributed by atoms with Crippen molar-refractivity contribution in [3.63, 3.8) is 0 Å². The predicted octanol–water partition coefficient (Wildman–Crippen LogP) is 3.58. The van der Waals surface area contributed by atoms with E-state index in [2.05, 4.69) is 4.72 Å². The van der Waals surface area contributed by atoms with Crippen LogP contribution < -0.4 is 4.72 Å². The van der Waals surface area contributed by atoms with Gasteiger partial charge in [0.2, 0.25) is 0 Å². The number of aryl methyl sites for hydroxylation is 2. The van der Waals surface area contributed by atoms with Crippen LogP contribution in [0.15, 0.2) is 16.3 Å². The quantitative estimate of drug-likeness (QED) is 0.881. The second-order valence-electron chi connectivity index (χ2n) is 4.06. The molecule has 2 N–H and O–H groups in total. The molecule has 5 nitrogen and oxygen atoms in total. The lowest BCUT2D eigenvalue weighted by Crippen LogP contribution is -2.10. The summed E-state index contributed by atoms with van der Waals surface area (Å²) in [6, 6.07) is 2.97. The molecule has 2 heterocycles. The smallest absolute Gasteiger partial charge is 0.346 e. The third-order valence-corrected chi connectivity index (χ3v) is 7.11. The first kappa shape index (κ1) is 15.3. The molecule has 0 amide bonds. The van der Waals surface area contributed by atoms with Crippen LogP contribution >= 0.6 is 34.3 Å². The number of carbonyl (C=O) groups is 1. The molecule has 0 spiro atoms. The number of rotatable bonds is 4. The van der Waals surface area contributed by atoms with E-state index in [0.717, 1.165) is 22.7 Å². The van der Waals surface area contributed by atoms with Crippen LogP contribution in [0.3, 0.4) is 0 Å². The maximum atomic E-state index is 12.2. The second kappa shape index (κ2) is 5.36. The Kier molecular flexibility index (Phi) is 4.10. The predicted molar refractivity (Wildman–Crippen MR) is 80.9 cm³/mol. The van der Waals surface area contributed by atoms with Crippen molar-refractivity contribution in [3.8, 4) is 0 Å². The number of aromatic carboxylic acids is 1. The first-order chi connectivity index (χ1) is 9.20. The van der Waals surface area contributed by atoms with Gasteiger partial charge in [-0.15, -0.1) is 22.7 Å². The maximum Gasteiger partial charge on any atom is 0.346 e. The Bertz CT molecular complexity index is 756. The lowest BCUT2D eigenvalue weighted by molar-refractivity contribution is 0.0701. The van der Waals surface area contributed by atoms with Crippen LogP contribution in [0.2, 0.25) is 4.34 Å². The van der Waals surface area contributed by atoms with Gasteiger partial charge in [-0.05, 0) is 37.1 Å². The van der Waals surface area contributed by atoms with Crippen molar-refractivity contribution >= 4 is 55.3 Å². The molecule has 0 atom stereocenters. The lowest BCUT2D eigenvalue weighted by Gasteiger charge is -2.02. The fourth-order valence-corrected chi connectivity index (χ4v) is 5.39. The minimum Gasteiger partial charge on any atom is -0.477 e. The van der Waals surface area contributed by atoms with Crippen molar-refractivity contribution < 1.29 is 18.3 Å². The number of nitrogens with one attached hydrogen (secondary N) is 1. The molecule has 0 aliphatic carbocycles. The van der Waals surface area contributed by atoms with Crippen LogP contribution in [0.4, 0.5) is 5.00 Å². The fraction of sp³-hybridized carbons (Fsp3) is 0.182. The summed E-state index contributed by atoms with van der Waals surface area (Å²) in [6.07, 6.45) is 0. The number of anilines is 1. The van der Waals surface area contributed by atoms with E-state index in [-0.39, 0.29) is 14.1 Å². The van der Waals surface area contributed by atoms with Crippen molar-refractivity contribution in [1.29, 1.82) is 0 Å². The van der Waals surface area contributed by atoms with Gasteiger partial charge in [0.15, 0.2) is 0 Å². The third-order valence-electron chi connectivity index (χ3n) is 2.45. The number of sulfonamides is 1. The number of halogens is 1. The molecule has 0 aromatic carbocycles. The Balaban J connectivity index is 2.33. The summed E-state index contributed by atoms with van der Waals surface area (Å²) in [5, 5.41) is 9.22. The Morgan fingerprint density at radius 3 is 2.35 bits per heavy atom.